The van der Waals surface area contributed by atoms with Gasteiger partial charge in [-0.2, -0.15) is 0 Å². The molecular weight excluding hydrogens is 232 g/mol. The first-order chi connectivity index (χ1) is 8.48. The highest BCUT2D eigenvalue weighted by Crippen LogP contribution is 2.23. The Morgan fingerprint density at radius 2 is 2.11 bits per heavy atom. The molecule has 5 heteroatoms. The predicted octanol–water partition coefficient (Wildman–Crippen LogP) is 2.37. The van der Waals surface area contributed by atoms with Gasteiger partial charge in [-0.3, -0.25) is 5.32 Å². The number of benzene rings is 1. The van der Waals surface area contributed by atoms with Crippen LogP contribution in [0.2, 0.25) is 0 Å². The summed E-state index contributed by atoms with van der Waals surface area (Å²) < 4.78 is 10.2. The smallest absolute Gasteiger partial charge is 0.411 e. The van der Waals surface area contributed by atoms with Gasteiger partial charge in [0.05, 0.1) is 12.8 Å². The van der Waals surface area contributed by atoms with Gasteiger partial charge >= 0.3 is 6.09 Å². The molecule has 0 heterocycles. The Hall–Kier alpha value is -1.75. The quantitative estimate of drug-likeness (QED) is 0.843. The van der Waals surface area contributed by atoms with Gasteiger partial charge in [-0.15, -0.1) is 0 Å². The fraction of sp³-hybridized carbons (Fsp3) is 0.462. The number of anilines is 1. The van der Waals surface area contributed by atoms with E-state index in [-0.39, 0.29) is 6.61 Å². The third-order valence-electron chi connectivity index (χ3n) is 2.68. The Balaban J connectivity index is 2.55. The lowest BCUT2D eigenvalue weighted by molar-refractivity contribution is 0.132. The Kier molecular flexibility index (Phi) is 4.97. The first kappa shape index (κ1) is 14.3. The number of methoxy groups -OCH3 is 1. The van der Waals surface area contributed by atoms with Gasteiger partial charge in [0.25, 0.3) is 0 Å². The summed E-state index contributed by atoms with van der Waals surface area (Å²) in [5, 5.41) is 2.62. The molecule has 1 aromatic rings. The number of nitrogens with one attached hydrogen (secondary N) is 1. The molecule has 0 aliphatic carbocycles. The lowest BCUT2D eigenvalue weighted by Gasteiger charge is -2.22. The van der Waals surface area contributed by atoms with Crippen molar-refractivity contribution in [2.45, 2.75) is 25.8 Å². The first-order valence-electron chi connectivity index (χ1n) is 5.84. The Labute approximate surface area is 107 Å². The number of hydrogen-bond donors (Lipinski definition) is 2. The van der Waals surface area contributed by atoms with E-state index in [0.29, 0.717) is 11.4 Å². The van der Waals surface area contributed by atoms with Crippen LogP contribution in [0.3, 0.4) is 0 Å². The average Bonchev–Trinajstić information content (AvgIpc) is 2.37. The van der Waals surface area contributed by atoms with Crippen LogP contribution < -0.4 is 15.8 Å². The average molecular weight is 252 g/mol. The maximum atomic E-state index is 11.6. The second kappa shape index (κ2) is 6.26. The van der Waals surface area contributed by atoms with Crippen LogP contribution in [-0.2, 0) is 4.74 Å². The van der Waals surface area contributed by atoms with Crippen molar-refractivity contribution in [2.24, 2.45) is 5.73 Å². The molecule has 0 aliphatic rings. The third-order valence-corrected chi connectivity index (χ3v) is 2.68. The molecule has 1 amide bonds. The van der Waals surface area contributed by atoms with Crippen LogP contribution >= 0.6 is 0 Å². The highest BCUT2D eigenvalue weighted by molar-refractivity contribution is 5.86. The molecule has 0 spiro atoms. The topological polar surface area (TPSA) is 73.6 Å². The highest BCUT2D eigenvalue weighted by Gasteiger charge is 2.18. The van der Waals surface area contributed by atoms with Crippen LogP contribution in [0.5, 0.6) is 5.75 Å². The third kappa shape index (κ3) is 4.25. The van der Waals surface area contributed by atoms with Gasteiger partial charge in [-0.05, 0) is 25.5 Å². The molecule has 0 saturated heterocycles. The van der Waals surface area contributed by atoms with E-state index in [4.69, 9.17) is 15.2 Å². The monoisotopic (exact) mass is 252 g/mol. The van der Waals surface area contributed by atoms with E-state index in [2.05, 4.69) is 5.32 Å². The van der Waals surface area contributed by atoms with Crippen LogP contribution in [0.1, 0.15) is 20.3 Å². The van der Waals surface area contributed by atoms with Crippen LogP contribution in [-0.4, -0.2) is 25.3 Å². The molecule has 0 aliphatic heterocycles. The van der Waals surface area contributed by atoms with Crippen LogP contribution in [0, 0.1) is 0 Å². The molecular formula is C13H20N2O3. The fourth-order valence-electron chi connectivity index (χ4n) is 1.23. The van der Waals surface area contributed by atoms with Gasteiger partial charge in [0.1, 0.15) is 12.4 Å². The lowest BCUT2D eigenvalue weighted by atomic mass is 10.0. The molecule has 1 atom stereocenters. The molecule has 1 aromatic carbocycles. The molecule has 1 rings (SSSR count). The largest absolute Gasteiger partial charge is 0.495 e. The van der Waals surface area contributed by atoms with Gasteiger partial charge in [0.2, 0.25) is 0 Å². The lowest BCUT2D eigenvalue weighted by Crippen LogP contribution is -2.41. The van der Waals surface area contributed by atoms with Gasteiger partial charge in [-0.1, -0.05) is 19.1 Å². The molecule has 1 unspecified atom stereocenters. The van der Waals surface area contributed by atoms with E-state index < -0.39 is 11.6 Å². The maximum absolute atomic E-state index is 11.6. The summed E-state index contributed by atoms with van der Waals surface area (Å²) in [5.41, 5.74) is 5.95. The number of nitrogens with two attached hydrogens (primary N) is 1. The summed E-state index contributed by atoms with van der Waals surface area (Å²) in [7, 11) is 1.54. The van der Waals surface area contributed by atoms with Crippen molar-refractivity contribution in [3.8, 4) is 5.75 Å². The minimum atomic E-state index is -0.537. The van der Waals surface area contributed by atoms with Crippen molar-refractivity contribution < 1.29 is 14.3 Å². The number of hydrogen-bond acceptors (Lipinski definition) is 4. The second-order valence-corrected chi connectivity index (χ2v) is 4.41. The van der Waals surface area contributed by atoms with Crippen molar-refractivity contribution in [1.82, 2.24) is 0 Å². The van der Waals surface area contributed by atoms with Crippen LogP contribution in [0.15, 0.2) is 24.3 Å². The normalized spacial score (nSPS) is 13.6. The van der Waals surface area contributed by atoms with Gasteiger partial charge < -0.3 is 15.2 Å². The van der Waals surface area contributed by atoms with Crippen molar-refractivity contribution in [2.75, 3.05) is 19.0 Å². The van der Waals surface area contributed by atoms with E-state index >= 15 is 0 Å². The molecule has 3 N–H and O–H groups in total. The van der Waals surface area contributed by atoms with Gasteiger partial charge in [0.15, 0.2) is 0 Å². The van der Waals surface area contributed by atoms with E-state index in [1.807, 2.05) is 19.9 Å². The Morgan fingerprint density at radius 1 is 1.44 bits per heavy atom. The summed E-state index contributed by atoms with van der Waals surface area (Å²) in [5.74, 6) is 0.584. The summed E-state index contributed by atoms with van der Waals surface area (Å²) in [6.45, 7) is 3.95. The Bertz CT molecular complexity index is 405. The second-order valence-electron chi connectivity index (χ2n) is 4.41. The molecule has 0 bridgehead atoms. The van der Waals surface area contributed by atoms with Crippen molar-refractivity contribution in [3.05, 3.63) is 24.3 Å². The van der Waals surface area contributed by atoms with E-state index in [1.165, 1.54) is 0 Å². The standard InChI is InChI=1S/C13H20N2O3/c1-4-13(2,14)9-18-12(16)15-10-7-5-6-8-11(10)17-3/h5-8H,4,9,14H2,1-3H3,(H,15,16). The van der Waals surface area contributed by atoms with Crippen molar-refractivity contribution in [3.63, 3.8) is 0 Å². The zero-order valence-electron chi connectivity index (χ0n) is 11.0. The van der Waals surface area contributed by atoms with E-state index in [9.17, 15) is 4.79 Å². The zero-order valence-corrected chi connectivity index (χ0v) is 11.0. The van der Waals surface area contributed by atoms with Gasteiger partial charge in [0, 0.05) is 5.54 Å². The predicted molar refractivity (Wildman–Crippen MR) is 70.8 cm³/mol. The summed E-state index contributed by atoms with van der Waals surface area (Å²) in [4.78, 5) is 11.6. The molecule has 0 fully saturated rings. The van der Waals surface area contributed by atoms with Gasteiger partial charge in [-0.25, -0.2) is 4.79 Å². The highest BCUT2D eigenvalue weighted by atomic mass is 16.5. The molecule has 0 saturated carbocycles. The van der Waals surface area contributed by atoms with Crippen LogP contribution in [0.4, 0.5) is 10.5 Å². The SMILES string of the molecule is CCC(C)(N)COC(=O)Nc1ccccc1OC. The molecule has 0 radical (unpaired) electrons. The molecule has 0 aromatic heterocycles. The number of para-hydroxylation sites is 2. The number of rotatable bonds is 5. The van der Waals surface area contributed by atoms with E-state index in [1.54, 1.807) is 25.3 Å². The Morgan fingerprint density at radius 3 is 2.72 bits per heavy atom. The maximum Gasteiger partial charge on any atom is 0.411 e. The molecule has 18 heavy (non-hydrogen) atoms. The summed E-state index contributed by atoms with van der Waals surface area (Å²) >= 11 is 0. The van der Waals surface area contributed by atoms with Crippen molar-refractivity contribution >= 4 is 11.8 Å². The number of carbonyl (C=O) groups excluding carboxylic acids is 1. The number of amides is 1. The summed E-state index contributed by atoms with van der Waals surface area (Å²) in [6.07, 6.45) is 0.194. The van der Waals surface area contributed by atoms with E-state index in [0.717, 1.165) is 6.42 Å². The zero-order chi connectivity index (χ0) is 13.6. The van der Waals surface area contributed by atoms with Crippen LogP contribution in [0.25, 0.3) is 0 Å². The van der Waals surface area contributed by atoms with Crippen molar-refractivity contribution in [1.29, 1.82) is 0 Å². The number of ether oxygens (including phenoxy) is 2. The first-order valence-corrected chi connectivity index (χ1v) is 5.84. The molecule has 100 valence electrons. The summed E-state index contributed by atoms with van der Waals surface area (Å²) in [6, 6.07) is 7.12. The number of carbonyl (C=O) groups is 1. The molecule has 5 nitrogen and oxygen atoms in total. The minimum Gasteiger partial charge on any atom is -0.495 e. The fourth-order valence-corrected chi connectivity index (χ4v) is 1.23. The minimum absolute atomic E-state index is 0.171.